The zero-order valence-electron chi connectivity index (χ0n) is 11.1. The SMILES string of the molecule is CC(=O)c1cccc(N2CC(CS(N)(=O)=O)CC2=O)c1. The molecule has 1 fully saturated rings. The predicted molar refractivity (Wildman–Crippen MR) is 74.9 cm³/mol. The van der Waals surface area contributed by atoms with Crippen LogP contribution in [0.5, 0.6) is 0 Å². The molecule has 1 heterocycles. The lowest BCUT2D eigenvalue weighted by Gasteiger charge is -2.17. The number of hydrogen-bond acceptors (Lipinski definition) is 4. The van der Waals surface area contributed by atoms with E-state index in [-0.39, 0.29) is 29.8 Å². The number of hydrogen-bond donors (Lipinski definition) is 1. The molecule has 1 saturated heterocycles. The van der Waals surface area contributed by atoms with Crippen molar-refractivity contribution in [3.8, 4) is 0 Å². The van der Waals surface area contributed by atoms with Gasteiger partial charge in [-0.15, -0.1) is 0 Å². The molecule has 1 atom stereocenters. The van der Waals surface area contributed by atoms with E-state index < -0.39 is 10.0 Å². The van der Waals surface area contributed by atoms with Crippen molar-refractivity contribution >= 4 is 27.4 Å². The smallest absolute Gasteiger partial charge is 0.227 e. The van der Waals surface area contributed by atoms with Crippen LogP contribution in [0.3, 0.4) is 0 Å². The van der Waals surface area contributed by atoms with Crippen LogP contribution in [-0.4, -0.2) is 32.4 Å². The lowest BCUT2D eigenvalue weighted by molar-refractivity contribution is -0.117. The minimum absolute atomic E-state index is 0.0837. The van der Waals surface area contributed by atoms with E-state index in [2.05, 4.69) is 0 Å². The number of Topliss-reactive ketones (excluding diaryl/α,β-unsaturated/α-hetero) is 1. The first-order valence-electron chi connectivity index (χ1n) is 6.18. The van der Waals surface area contributed by atoms with Crippen molar-refractivity contribution in [1.29, 1.82) is 0 Å². The van der Waals surface area contributed by atoms with E-state index in [0.717, 1.165) is 0 Å². The van der Waals surface area contributed by atoms with Crippen molar-refractivity contribution in [1.82, 2.24) is 0 Å². The topological polar surface area (TPSA) is 97.5 Å². The third-order valence-corrected chi connectivity index (χ3v) is 4.17. The number of anilines is 1. The number of primary sulfonamides is 1. The van der Waals surface area contributed by atoms with Crippen LogP contribution in [-0.2, 0) is 14.8 Å². The standard InChI is InChI=1S/C13H16N2O4S/c1-9(16)11-3-2-4-12(6-11)15-7-10(5-13(15)17)8-20(14,18)19/h2-4,6,10H,5,7-8H2,1H3,(H2,14,18,19). The van der Waals surface area contributed by atoms with E-state index in [9.17, 15) is 18.0 Å². The lowest BCUT2D eigenvalue weighted by Crippen LogP contribution is -2.27. The molecule has 0 spiro atoms. The molecule has 6 nitrogen and oxygen atoms in total. The Labute approximate surface area is 117 Å². The third-order valence-electron chi connectivity index (χ3n) is 3.24. The monoisotopic (exact) mass is 296 g/mol. The number of rotatable bonds is 4. The quantitative estimate of drug-likeness (QED) is 0.819. The molecule has 1 aromatic rings. The molecule has 1 aliphatic heterocycles. The number of ketones is 1. The fourth-order valence-corrected chi connectivity index (χ4v) is 3.24. The first kappa shape index (κ1) is 14.7. The molecule has 0 bridgehead atoms. The Morgan fingerprint density at radius 3 is 2.75 bits per heavy atom. The van der Waals surface area contributed by atoms with Crippen molar-refractivity contribution in [2.45, 2.75) is 13.3 Å². The maximum Gasteiger partial charge on any atom is 0.227 e. The van der Waals surface area contributed by atoms with Gasteiger partial charge in [-0.1, -0.05) is 12.1 Å². The van der Waals surface area contributed by atoms with Crippen LogP contribution in [0.2, 0.25) is 0 Å². The largest absolute Gasteiger partial charge is 0.312 e. The van der Waals surface area contributed by atoms with E-state index in [1.54, 1.807) is 24.3 Å². The van der Waals surface area contributed by atoms with Crippen LogP contribution in [0.15, 0.2) is 24.3 Å². The second-order valence-corrected chi connectivity index (χ2v) is 6.67. The zero-order valence-corrected chi connectivity index (χ0v) is 11.9. The van der Waals surface area contributed by atoms with Gasteiger partial charge in [0.25, 0.3) is 0 Å². The van der Waals surface area contributed by atoms with E-state index in [0.29, 0.717) is 17.8 Å². The van der Waals surface area contributed by atoms with Crippen LogP contribution >= 0.6 is 0 Å². The second-order valence-electron chi connectivity index (χ2n) is 5.01. The van der Waals surface area contributed by atoms with Crippen LogP contribution in [0, 0.1) is 5.92 Å². The molecular weight excluding hydrogens is 280 g/mol. The molecule has 108 valence electrons. The Hall–Kier alpha value is -1.73. The molecular formula is C13H16N2O4S. The van der Waals surface area contributed by atoms with E-state index in [1.807, 2.05) is 0 Å². The maximum atomic E-state index is 12.0. The van der Waals surface area contributed by atoms with Gasteiger partial charge < -0.3 is 4.90 Å². The summed E-state index contributed by atoms with van der Waals surface area (Å²) in [5.74, 6) is -0.751. The van der Waals surface area contributed by atoms with Gasteiger partial charge in [0.1, 0.15) is 0 Å². The maximum absolute atomic E-state index is 12.0. The molecule has 1 unspecified atom stereocenters. The summed E-state index contributed by atoms with van der Waals surface area (Å²) < 4.78 is 22.2. The van der Waals surface area contributed by atoms with Gasteiger partial charge in [-0.2, -0.15) is 0 Å². The minimum atomic E-state index is -3.59. The lowest BCUT2D eigenvalue weighted by atomic mass is 10.1. The molecule has 1 amide bonds. The summed E-state index contributed by atoms with van der Waals surface area (Å²) in [6.45, 7) is 1.76. The van der Waals surface area contributed by atoms with Crippen molar-refractivity contribution in [3.63, 3.8) is 0 Å². The van der Waals surface area contributed by atoms with E-state index in [4.69, 9.17) is 5.14 Å². The van der Waals surface area contributed by atoms with Crippen LogP contribution in [0.4, 0.5) is 5.69 Å². The average molecular weight is 296 g/mol. The van der Waals surface area contributed by atoms with Crippen molar-refractivity contribution in [2.75, 3.05) is 17.2 Å². The molecule has 0 aromatic heterocycles. The highest BCUT2D eigenvalue weighted by atomic mass is 32.2. The van der Waals surface area contributed by atoms with Gasteiger partial charge in [-0.25, -0.2) is 13.6 Å². The van der Waals surface area contributed by atoms with Crippen LogP contribution < -0.4 is 10.0 Å². The first-order chi connectivity index (χ1) is 9.26. The third kappa shape index (κ3) is 3.43. The van der Waals surface area contributed by atoms with E-state index in [1.165, 1.54) is 11.8 Å². The van der Waals surface area contributed by atoms with Gasteiger partial charge in [0.05, 0.1) is 5.75 Å². The fourth-order valence-electron chi connectivity index (χ4n) is 2.36. The Balaban J connectivity index is 2.20. The van der Waals surface area contributed by atoms with Crippen molar-refractivity contribution < 1.29 is 18.0 Å². The summed E-state index contributed by atoms with van der Waals surface area (Å²) in [6.07, 6.45) is 0.154. The predicted octanol–water partition coefficient (Wildman–Crippen LogP) is 0.531. The average Bonchev–Trinajstić information content (AvgIpc) is 2.68. The minimum Gasteiger partial charge on any atom is -0.312 e. The Morgan fingerprint density at radius 2 is 2.15 bits per heavy atom. The molecule has 20 heavy (non-hydrogen) atoms. The summed E-state index contributed by atoms with van der Waals surface area (Å²) in [5.41, 5.74) is 1.13. The number of carbonyl (C=O) groups is 2. The zero-order chi connectivity index (χ0) is 14.9. The number of nitrogens with zero attached hydrogens (tertiary/aromatic N) is 1. The summed E-state index contributed by atoms with van der Waals surface area (Å²) >= 11 is 0. The Morgan fingerprint density at radius 1 is 1.45 bits per heavy atom. The van der Waals surface area contributed by atoms with Gasteiger partial charge in [0.2, 0.25) is 15.9 Å². The molecule has 0 saturated carbocycles. The highest BCUT2D eigenvalue weighted by Gasteiger charge is 2.32. The summed E-state index contributed by atoms with van der Waals surface area (Å²) in [7, 11) is -3.59. The fraction of sp³-hybridized carbons (Fsp3) is 0.385. The number of carbonyl (C=O) groups excluding carboxylic acids is 2. The molecule has 0 aliphatic carbocycles. The molecule has 2 rings (SSSR count). The van der Waals surface area contributed by atoms with Gasteiger partial charge in [-0.3, -0.25) is 9.59 Å². The van der Waals surface area contributed by atoms with Crippen LogP contribution in [0.25, 0.3) is 0 Å². The first-order valence-corrected chi connectivity index (χ1v) is 7.89. The summed E-state index contributed by atoms with van der Waals surface area (Å²) in [4.78, 5) is 24.8. The van der Waals surface area contributed by atoms with Gasteiger partial charge in [0.15, 0.2) is 5.78 Å². The molecule has 2 N–H and O–H groups in total. The molecule has 1 aliphatic rings. The van der Waals surface area contributed by atoms with Gasteiger partial charge in [0, 0.05) is 30.1 Å². The number of sulfonamides is 1. The number of amides is 1. The summed E-state index contributed by atoms with van der Waals surface area (Å²) in [5, 5.41) is 5.01. The van der Waals surface area contributed by atoms with Gasteiger partial charge in [-0.05, 0) is 19.1 Å². The number of benzene rings is 1. The molecule has 1 aromatic carbocycles. The van der Waals surface area contributed by atoms with Crippen molar-refractivity contribution in [3.05, 3.63) is 29.8 Å². The Kier molecular flexibility index (Phi) is 3.92. The van der Waals surface area contributed by atoms with E-state index >= 15 is 0 Å². The second kappa shape index (κ2) is 5.34. The van der Waals surface area contributed by atoms with Crippen molar-refractivity contribution in [2.24, 2.45) is 11.1 Å². The summed E-state index contributed by atoms with van der Waals surface area (Å²) in [6, 6.07) is 6.74. The normalized spacial score (nSPS) is 19.4. The highest BCUT2D eigenvalue weighted by molar-refractivity contribution is 7.89. The molecule has 0 radical (unpaired) electrons. The molecule has 7 heteroatoms. The number of nitrogens with two attached hydrogens (primary N) is 1. The van der Waals surface area contributed by atoms with Gasteiger partial charge >= 0.3 is 0 Å². The van der Waals surface area contributed by atoms with Crippen LogP contribution in [0.1, 0.15) is 23.7 Å². The highest BCUT2D eigenvalue weighted by Crippen LogP contribution is 2.26. The Bertz CT molecular complexity index is 654.